The van der Waals surface area contributed by atoms with Gasteiger partial charge in [0.05, 0.1) is 12.5 Å². The Morgan fingerprint density at radius 3 is 2.68 bits per heavy atom. The molecule has 2 aromatic heterocycles. The Morgan fingerprint density at radius 2 is 2.11 bits per heavy atom. The molecule has 0 aliphatic rings. The van der Waals surface area contributed by atoms with E-state index in [0.717, 1.165) is 30.1 Å². The van der Waals surface area contributed by atoms with Gasteiger partial charge in [-0.25, -0.2) is 4.98 Å². The number of likely N-dealkylation sites (N-methyl/N-ethyl adjacent to an activating group) is 1. The zero-order valence-corrected chi connectivity index (χ0v) is 12.5. The van der Waals surface area contributed by atoms with Crippen molar-refractivity contribution in [2.75, 3.05) is 27.7 Å². The van der Waals surface area contributed by atoms with Gasteiger partial charge >= 0.3 is 0 Å². The lowest BCUT2D eigenvalue weighted by atomic mass is 10.4. The summed E-state index contributed by atoms with van der Waals surface area (Å²) in [4.78, 5) is 11.2. The number of hydrogen-bond donors (Lipinski definition) is 0. The number of aromatic nitrogens is 3. The van der Waals surface area contributed by atoms with Crippen molar-refractivity contribution in [3.05, 3.63) is 18.0 Å². The van der Waals surface area contributed by atoms with E-state index in [4.69, 9.17) is 16.3 Å². The van der Waals surface area contributed by atoms with Gasteiger partial charge < -0.3 is 14.2 Å². The molecular formula is C13H19ClN4O. The second-order valence-electron chi connectivity index (χ2n) is 4.74. The Morgan fingerprint density at radius 1 is 1.37 bits per heavy atom. The van der Waals surface area contributed by atoms with Crippen LogP contribution < -0.4 is 4.74 Å². The van der Waals surface area contributed by atoms with Crippen molar-refractivity contribution < 1.29 is 4.74 Å². The van der Waals surface area contributed by atoms with E-state index in [-0.39, 0.29) is 5.38 Å². The smallest absolute Gasteiger partial charge is 0.215 e. The van der Waals surface area contributed by atoms with Gasteiger partial charge in [-0.1, -0.05) is 0 Å². The van der Waals surface area contributed by atoms with Gasteiger partial charge in [0.25, 0.3) is 0 Å². The fraction of sp³-hybridized carbons (Fsp3) is 0.538. The minimum absolute atomic E-state index is 0.151. The minimum Gasteiger partial charge on any atom is -0.481 e. The maximum Gasteiger partial charge on any atom is 0.215 e. The van der Waals surface area contributed by atoms with Gasteiger partial charge in [-0.15, -0.1) is 11.6 Å². The van der Waals surface area contributed by atoms with Gasteiger partial charge in [-0.2, -0.15) is 4.98 Å². The van der Waals surface area contributed by atoms with Crippen LogP contribution in [-0.4, -0.2) is 47.2 Å². The van der Waals surface area contributed by atoms with Crippen LogP contribution >= 0.6 is 11.6 Å². The van der Waals surface area contributed by atoms with Crippen LogP contribution in [0, 0.1) is 0 Å². The summed E-state index contributed by atoms with van der Waals surface area (Å²) in [5.41, 5.74) is 1.67. The molecule has 5 nitrogen and oxygen atoms in total. The number of methoxy groups -OCH3 is 1. The molecule has 0 aliphatic heterocycles. The first kappa shape index (κ1) is 14.1. The number of nitrogens with zero attached hydrogens (tertiary/aromatic N) is 4. The molecule has 2 rings (SSSR count). The van der Waals surface area contributed by atoms with E-state index in [2.05, 4.69) is 19.4 Å². The molecule has 0 saturated carbocycles. The summed E-state index contributed by atoms with van der Waals surface area (Å²) < 4.78 is 7.24. The molecule has 104 valence electrons. The number of hydrogen-bond acceptors (Lipinski definition) is 4. The lowest BCUT2D eigenvalue weighted by Gasteiger charge is -2.13. The molecule has 2 heterocycles. The SMILES string of the molecule is COc1ccc2nc(C(C)Cl)n(CCN(C)C)c2n1. The maximum atomic E-state index is 6.21. The second kappa shape index (κ2) is 5.75. The van der Waals surface area contributed by atoms with E-state index in [9.17, 15) is 0 Å². The number of fused-ring (bicyclic) bond motifs is 1. The summed E-state index contributed by atoms with van der Waals surface area (Å²) in [6.45, 7) is 3.63. The van der Waals surface area contributed by atoms with Crippen LogP contribution in [0.25, 0.3) is 11.2 Å². The summed E-state index contributed by atoms with van der Waals surface area (Å²) in [5, 5.41) is -0.151. The number of alkyl halides is 1. The Labute approximate surface area is 118 Å². The van der Waals surface area contributed by atoms with Crippen molar-refractivity contribution in [1.82, 2.24) is 19.4 Å². The van der Waals surface area contributed by atoms with Crippen LogP contribution in [0.1, 0.15) is 18.1 Å². The minimum atomic E-state index is -0.151. The van der Waals surface area contributed by atoms with Gasteiger partial charge in [0, 0.05) is 19.2 Å². The second-order valence-corrected chi connectivity index (χ2v) is 5.39. The van der Waals surface area contributed by atoms with Crippen molar-refractivity contribution in [3.8, 4) is 5.88 Å². The summed E-state index contributed by atoms with van der Waals surface area (Å²) in [6, 6.07) is 3.73. The normalized spacial score (nSPS) is 13.2. The third kappa shape index (κ3) is 2.98. The summed E-state index contributed by atoms with van der Waals surface area (Å²) in [7, 11) is 5.69. The zero-order chi connectivity index (χ0) is 14.0. The van der Waals surface area contributed by atoms with Crippen molar-refractivity contribution >= 4 is 22.8 Å². The lowest BCUT2D eigenvalue weighted by molar-refractivity contribution is 0.381. The molecule has 1 atom stereocenters. The Kier molecular flexibility index (Phi) is 4.27. The van der Waals surface area contributed by atoms with Crippen LogP contribution in [0.5, 0.6) is 5.88 Å². The predicted molar refractivity (Wildman–Crippen MR) is 76.9 cm³/mol. The van der Waals surface area contributed by atoms with Gasteiger partial charge in [0.15, 0.2) is 5.65 Å². The maximum absolute atomic E-state index is 6.21. The largest absolute Gasteiger partial charge is 0.481 e. The molecule has 0 spiro atoms. The third-order valence-electron chi connectivity index (χ3n) is 2.93. The monoisotopic (exact) mass is 282 g/mol. The van der Waals surface area contributed by atoms with Crippen molar-refractivity contribution in [3.63, 3.8) is 0 Å². The fourth-order valence-corrected chi connectivity index (χ4v) is 2.11. The van der Waals surface area contributed by atoms with Gasteiger partial charge in [0.2, 0.25) is 5.88 Å². The van der Waals surface area contributed by atoms with E-state index in [1.54, 1.807) is 7.11 Å². The summed E-state index contributed by atoms with van der Waals surface area (Å²) >= 11 is 6.21. The number of halogens is 1. The number of ether oxygens (including phenoxy) is 1. The quantitative estimate of drug-likeness (QED) is 0.789. The van der Waals surface area contributed by atoms with Crippen LogP contribution in [-0.2, 0) is 6.54 Å². The van der Waals surface area contributed by atoms with Crippen molar-refractivity contribution in [2.45, 2.75) is 18.8 Å². The molecule has 0 saturated heterocycles. The highest BCUT2D eigenvalue weighted by Gasteiger charge is 2.16. The fourth-order valence-electron chi connectivity index (χ4n) is 1.94. The summed E-state index contributed by atoms with van der Waals surface area (Å²) in [6.07, 6.45) is 0. The zero-order valence-electron chi connectivity index (χ0n) is 11.7. The Hall–Kier alpha value is -1.33. The van der Waals surface area contributed by atoms with E-state index in [1.807, 2.05) is 33.2 Å². The van der Waals surface area contributed by atoms with Crippen LogP contribution in [0.3, 0.4) is 0 Å². The Bertz CT molecular complexity index is 565. The highest BCUT2D eigenvalue weighted by molar-refractivity contribution is 6.20. The number of rotatable bonds is 5. The van der Waals surface area contributed by atoms with Gasteiger partial charge in [0.1, 0.15) is 11.3 Å². The molecule has 1 unspecified atom stereocenters. The first-order valence-corrected chi connectivity index (χ1v) is 6.66. The van der Waals surface area contributed by atoms with E-state index >= 15 is 0 Å². The van der Waals surface area contributed by atoms with E-state index < -0.39 is 0 Å². The highest BCUT2D eigenvalue weighted by Crippen LogP contribution is 2.24. The highest BCUT2D eigenvalue weighted by atomic mass is 35.5. The molecule has 0 aliphatic carbocycles. The summed E-state index contributed by atoms with van der Waals surface area (Å²) in [5.74, 6) is 1.44. The average molecular weight is 283 g/mol. The Balaban J connectivity index is 2.50. The lowest BCUT2D eigenvalue weighted by Crippen LogP contribution is -2.20. The van der Waals surface area contributed by atoms with Gasteiger partial charge in [-0.05, 0) is 27.1 Å². The molecule has 0 fully saturated rings. The first-order valence-electron chi connectivity index (χ1n) is 6.23. The number of pyridine rings is 1. The molecule has 0 radical (unpaired) electrons. The average Bonchev–Trinajstić information content (AvgIpc) is 2.74. The topological polar surface area (TPSA) is 43.2 Å². The first-order chi connectivity index (χ1) is 9.02. The molecule has 2 aromatic rings. The molecule has 19 heavy (non-hydrogen) atoms. The molecule has 0 N–H and O–H groups in total. The van der Waals surface area contributed by atoms with Crippen LogP contribution in [0.15, 0.2) is 12.1 Å². The third-order valence-corrected chi connectivity index (χ3v) is 3.13. The molecule has 0 bridgehead atoms. The standard InChI is InChI=1S/C13H19ClN4O/c1-9(14)12-15-10-5-6-11(19-4)16-13(10)18(12)8-7-17(2)3/h5-6,9H,7-8H2,1-4H3. The molecule has 6 heteroatoms. The molecule has 0 aromatic carbocycles. The van der Waals surface area contributed by atoms with Gasteiger partial charge in [-0.3, -0.25) is 0 Å². The number of imidazole rings is 1. The van der Waals surface area contributed by atoms with Crippen molar-refractivity contribution in [2.24, 2.45) is 0 Å². The predicted octanol–water partition coefficient (Wildman–Crippen LogP) is 2.30. The van der Waals surface area contributed by atoms with E-state index in [1.165, 1.54) is 0 Å². The van der Waals surface area contributed by atoms with Crippen LogP contribution in [0.4, 0.5) is 0 Å². The molecule has 0 amide bonds. The van der Waals surface area contributed by atoms with Crippen LogP contribution in [0.2, 0.25) is 0 Å². The molecular weight excluding hydrogens is 264 g/mol. The van der Waals surface area contributed by atoms with E-state index in [0.29, 0.717) is 5.88 Å². The van der Waals surface area contributed by atoms with Crippen molar-refractivity contribution in [1.29, 1.82) is 0 Å².